The van der Waals surface area contributed by atoms with Gasteiger partial charge < -0.3 is 15.2 Å². The molecule has 2 N–H and O–H groups in total. The number of ether oxygens (including phenoxy) is 2. The van der Waals surface area contributed by atoms with Crippen LogP contribution in [0.4, 0.5) is 0 Å². The Hall–Kier alpha value is -0.610. The number of carbonyl (C=O) groups is 1. The van der Waals surface area contributed by atoms with Crippen molar-refractivity contribution in [2.75, 3.05) is 19.8 Å². The molecule has 0 saturated heterocycles. The minimum absolute atomic E-state index is 0.180. The predicted molar refractivity (Wildman–Crippen MR) is 50.3 cm³/mol. The topological polar surface area (TPSA) is 61.5 Å². The zero-order valence-corrected chi connectivity index (χ0v) is 8.63. The zero-order chi connectivity index (χ0) is 10.3. The fourth-order valence-electron chi connectivity index (χ4n) is 0.693. The van der Waals surface area contributed by atoms with Gasteiger partial charge in [0.25, 0.3) is 0 Å². The zero-order valence-electron chi connectivity index (χ0n) is 8.63. The molecule has 0 aromatic carbocycles. The lowest BCUT2D eigenvalue weighted by Gasteiger charge is -2.19. The van der Waals surface area contributed by atoms with E-state index in [-0.39, 0.29) is 18.0 Å². The SMILES string of the molecule is CC(C)(C)OCCOC(=O)CCN. The normalized spacial score (nSPS) is 11.4. The van der Waals surface area contributed by atoms with Crippen LogP contribution in [0.25, 0.3) is 0 Å². The minimum Gasteiger partial charge on any atom is -0.463 e. The second-order valence-corrected chi connectivity index (χ2v) is 3.72. The van der Waals surface area contributed by atoms with E-state index >= 15 is 0 Å². The predicted octanol–water partition coefficient (Wildman–Crippen LogP) is 0.694. The summed E-state index contributed by atoms with van der Waals surface area (Å²) in [4.78, 5) is 10.8. The molecule has 4 nitrogen and oxygen atoms in total. The Labute approximate surface area is 79.4 Å². The third-order valence-electron chi connectivity index (χ3n) is 1.23. The Morgan fingerprint density at radius 1 is 1.31 bits per heavy atom. The van der Waals surface area contributed by atoms with E-state index in [0.29, 0.717) is 19.8 Å². The Morgan fingerprint density at radius 3 is 2.38 bits per heavy atom. The molecule has 0 aliphatic rings. The van der Waals surface area contributed by atoms with Crippen LogP contribution in [0.5, 0.6) is 0 Å². The maximum atomic E-state index is 10.8. The first-order chi connectivity index (χ1) is 5.95. The van der Waals surface area contributed by atoms with E-state index in [4.69, 9.17) is 15.2 Å². The highest BCUT2D eigenvalue weighted by molar-refractivity contribution is 5.69. The van der Waals surface area contributed by atoms with Gasteiger partial charge >= 0.3 is 5.97 Å². The third kappa shape index (κ3) is 9.30. The smallest absolute Gasteiger partial charge is 0.307 e. The molecular formula is C9H19NO3. The van der Waals surface area contributed by atoms with Gasteiger partial charge in [0.15, 0.2) is 0 Å². The van der Waals surface area contributed by atoms with E-state index in [2.05, 4.69) is 0 Å². The summed E-state index contributed by atoms with van der Waals surface area (Å²) in [5.74, 6) is -0.264. The minimum atomic E-state index is -0.264. The number of carbonyl (C=O) groups excluding carboxylic acids is 1. The molecule has 0 aliphatic carbocycles. The van der Waals surface area contributed by atoms with Crippen LogP contribution in [0.1, 0.15) is 27.2 Å². The summed E-state index contributed by atoms with van der Waals surface area (Å²) >= 11 is 0. The standard InChI is InChI=1S/C9H19NO3/c1-9(2,3)13-7-6-12-8(11)4-5-10/h4-7,10H2,1-3H3. The van der Waals surface area contributed by atoms with E-state index in [1.165, 1.54) is 0 Å². The van der Waals surface area contributed by atoms with Gasteiger partial charge in [-0.2, -0.15) is 0 Å². The van der Waals surface area contributed by atoms with E-state index < -0.39 is 0 Å². The summed E-state index contributed by atoms with van der Waals surface area (Å²) in [5.41, 5.74) is 4.99. The van der Waals surface area contributed by atoms with Crippen molar-refractivity contribution < 1.29 is 14.3 Å². The molecule has 0 bridgehead atoms. The molecule has 0 amide bonds. The lowest BCUT2D eigenvalue weighted by Crippen LogP contribution is -2.23. The number of hydrogen-bond donors (Lipinski definition) is 1. The highest BCUT2D eigenvalue weighted by Crippen LogP contribution is 2.05. The molecule has 78 valence electrons. The largest absolute Gasteiger partial charge is 0.463 e. The highest BCUT2D eigenvalue weighted by atomic mass is 16.6. The first-order valence-electron chi connectivity index (χ1n) is 4.45. The summed E-state index contributed by atoms with van der Waals surface area (Å²) in [6.07, 6.45) is 0.273. The molecule has 0 atom stereocenters. The molecular weight excluding hydrogens is 170 g/mol. The van der Waals surface area contributed by atoms with Crippen LogP contribution >= 0.6 is 0 Å². The average molecular weight is 189 g/mol. The Kier molecular flexibility index (Phi) is 5.66. The van der Waals surface area contributed by atoms with Crippen LogP contribution in [0.15, 0.2) is 0 Å². The van der Waals surface area contributed by atoms with Gasteiger partial charge in [0.1, 0.15) is 6.61 Å². The van der Waals surface area contributed by atoms with Crippen LogP contribution < -0.4 is 5.73 Å². The van der Waals surface area contributed by atoms with Gasteiger partial charge in [-0.3, -0.25) is 4.79 Å². The molecule has 0 heterocycles. The highest BCUT2D eigenvalue weighted by Gasteiger charge is 2.09. The van der Waals surface area contributed by atoms with Gasteiger partial charge in [-0.25, -0.2) is 0 Å². The quantitative estimate of drug-likeness (QED) is 0.510. The van der Waals surface area contributed by atoms with Crippen LogP contribution in [-0.2, 0) is 14.3 Å². The van der Waals surface area contributed by atoms with Gasteiger partial charge in [-0.15, -0.1) is 0 Å². The van der Waals surface area contributed by atoms with Gasteiger partial charge in [0, 0.05) is 6.54 Å². The fourth-order valence-corrected chi connectivity index (χ4v) is 0.693. The second kappa shape index (κ2) is 5.94. The van der Waals surface area contributed by atoms with Crippen molar-refractivity contribution in [3.05, 3.63) is 0 Å². The van der Waals surface area contributed by atoms with E-state index in [1.54, 1.807) is 0 Å². The van der Waals surface area contributed by atoms with Crippen molar-refractivity contribution in [2.45, 2.75) is 32.8 Å². The summed E-state index contributed by atoms with van der Waals surface area (Å²) in [6, 6.07) is 0. The number of hydrogen-bond acceptors (Lipinski definition) is 4. The first-order valence-corrected chi connectivity index (χ1v) is 4.45. The fraction of sp³-hybridized carbons (Fsp3) is 0.889. The number of esters is 1. The molecule has 0 aliphatic heterocycles. The summed E-state index contributed by atoms with van der Waals surface area (Å²) in [7, 11) is 0. The van der Waals surface area contributed by atoms with Gasteiger partial charge in [-0.1, -0.05) is 0 Å². The van der Waals surface area contributed by atoms with E-state index in [9.17, 15) is 4.79 Å². The third-order valence-corrected chi connectivity index (χ3v) is 1.23. The number of nitrogens with two attached hydrogens (primary N) is 1. The van der Waals surface area contributed by atoms with Crippen molar-refractivity contribution in [1.29, 1.82) is 0 Å². The molecule has 0 spiro atoms. The van der Waals surface area contributed by atoms with Crippen molar-refractivity contribution >= 4 is 5.97 Å². The summed E-state index contributed by atoms with van der Waals surface area (Å²) in [5, 5.41) is 0. The summed E-state index contributed by atoms with van der Waals surface area (Å²) < 4.78 is 10.2. The Bertz CT molecular complexity index is 151. The van der Waals surface area contributed by atoms with Crippen LogP contribution in [0, 0.1) is 0 Å². The first kappa shape index (κ1) is 12.4. The maximum absolute atomic E-state index is 10.8. The molecule has 0 fully saturated rings. The van der Waals surface area contributed by atoms with Crippen LogP contribution in [-0.4, -0.2) is 31.3 Å². The molecule has 0 saturated carbocycles. The molecule has 0 radical (unpaired) electrons. The Morgan fingerprint density at radius 2 is 1.92 bits per heavy atom. The lowest BCUT2D eigenvalue weighted by molar-refractivity contribution is -0.146. The van der Waals surface area contributed by atoms with Crippen molar-refractivity contribution in [2.24, 2.45) is 5.73 Å². The monoisotopic (exact) mass is 189 g/mol. The van der Waals surface area contributed by atoms with Crippen LogP contribution in [0.3, 0.4) is 0 Å². The van der Waals surface area contributed by atoms with E-state index in [0.717, 1.165) is 0 Å². The maximum Gasteiger partial charge on any atom is 0.307 e. The van der Waals surface area contributed by atoms with Crippen molar-refractivity contribution in [3.8, 4) is 0 Å². The van der Waals surface area contributed by atoms with Crippen molar-refractivity contribution in [1.82, 2.24) is 0 Å². The second-order valence-electron chi connectivity index (χ2n) is 3.72. The van der Waals surface area contributed by atoms with Gasteiger partial charge in [0.05, 0.1) is 18.6 Å². The molecule has 0 unspecified atom stereocenters. The molecule has 4 heteroatoms. The average Bonchev–Trinajstić information content (AvgIpc) is 1.97. The molecule has 0 rings (SSSR count). The number of rotatable bonds is 5. The molecule has 0 aromatic heterocycles. The molecule has 0 aromatic rings. The van der Waals surface area contributed by atoms with Gasteiger partial charge in [0.2, 0.25) is 0 Å². The van der Waals surface area contributed by atoms with Crippen molar-refractivity contribution in [3.63, 3.8) is 0 Å². The lowest BCUT2D eigenvalue weighted by atomic mass is 10.2. The summed E-state index contributed by atoms with van der Waals surface area (Å²) in [6.45, 7) is 6.92. The molecule has 13 heavy (non-hydrogen) atoms. The van der Waals surface area contributed by atoms with Gasteiger partial charge in [-0.05, 0) is 20.8 Å². The Balaban J connectivity index is 3.31. The van der Waals surface area contributed by atoms with E-state index in [1.807, 2.05) is 20.8 Å². The van der Waals surface area contributed by atoms with Crippen LogP contribution in [0.2, 0.25) is 0 Å².